The SMILES string of the molecule is CS(C)(C)c1ccc(OC(F)F)cc1. The lowest BCUT2D eigenvalue weighted by molar-refractivity contribution is -0.0498. The van der Waals surface area contributed by atoms with Crippen molar-refractivity contribution in [1.82, 2.24) is 0 Å². The number of ether oxygens (including phenoxy) is 1. The maximum atomic E-state index is 11.8. The van der Waals surface area contributed by atoms with E-state index in [1.165, 1.54) is 4.90 Å². The summed E-state index contributed by atoms with van der Waals surface area (Å²) >= 11 is 0. The molecule has 1 aromatic carbocycles. The quantitative estimate of drug-likeness (QED) is 0.759. The molecule has 1 nitrogen and oxygen atoms in total. The predicted molar refractivity (Wildman–Crippen MR) is 56.7 cm³/mol. The Morgan fingerprint density at radius 3 is 1.93 bits per heavy atom. The molecule has 0 aliphatic rings. The third-order valence-corrected chi connectivity index (χ3v) is 3.44. The summed E-state index contributed by atoms with van der Waals surface area (Å²) < 4.78 is 27.9. The van der Waals surface area contributed by atoms with Crippen LogP contribution in [0.4, 0.5) is 8.78 Å². The second kappa shape index (κ2) is 4.17. The van der Waals surface area contributed by atoms with Crippen molar-refractivity contribution in [3.63, 3.8) is 0 Å². The van der Waals surface area contributed by atoms with Crippen LogP contribution in [0.25, 0.3) is 0 Å². The zero-order chi connectivity index (χ0) is 10.8. The molecule has 0 aromatic heterocycles. The number of hydrogen-bond donors (Lipinski definition) is 0. The third-order valence-electron chi connectivity index (χ3n) is 1.76. The summed E-state index contributed by atoms with van der Waals surface area (Å²) in [6, 6.07) is 6.85. The minimum Gasteiger partial charge on any atom is -0.435 e. The van der Waals surface area contributed by atoms with E-state index in [2.05, 4.69) is 23.5 Å². The van der Waals surface area contributed by atoms with Crippen molar-refractivity contribution in [3.8, 4) is 5.75 Å². The molecule has 0 aliphatic heterocycles. The second-order valence-corrected chi connectivity index (χ2v) is 7.83. The molecule has 0 aliphatic carbocycles. The summed E-state index contributed by atoms with van der Waals surface area (Å²) in [5.74, 6) is 0.215. The van der Waals surface area contributed by atoms with Crippen LogP contribution in [0.3, 0.4) is 0 Å². The molecule has 4 heteroatoms. The van der Waals surface area contributed by atoms with E-state index >= 15 is 0 Å². The fourth-order valence-corrected chi connectivity index (χ4v) is 1.98. The zero-order valence-corrected chi connectivity index (χ0v) is 9.28. The molecule has 0 bridgehead atoms. The molecule has 0 heterocycles. The van der Waals surface area contributed by atoms with E-state index in [1.54, 1.807) is 12.1 Å². The summed E-state index contributed by atoms with van der Waals surface area (Å²) in [6.07, 6.45) is 6.45. The van der Waals surface area contributed by atoms with Crippen molar-refractivity contribution in [3.05, 3.63) is 24.3 Å². The van der Waals surface area contributed by atoms with Crippen molar-refractivity contribution in [2.75, 3.05) is 18.8 Å². The Labute approximate surface area is 84.4 Å². The average Bonchev–Trinajstić information content (AvgIpc) is 2.02. The number of benzene rings is 1. The molecule has 0 unspecified atom stereocenters. The minimum absolute atomic E-state index is 0.215. The number of halogens is 2. The lowest BCUT2D eigenvalue weighted by atomic mass is 10.3. The van der Waals surface area contributed by atoms with Crippen LogP contribution in [0, 0.1) is 0 Å². The second-order valence-electron chi connectivity index (χ2n) is 3.69. The maximum Gasteiger partial charge on any atom is 0.387 e. The highest BCUT2D eigenvalue weighted by Crippen LogP contribution is 2.45. The molecule has 0 N–H and O–H groups in total. The van der Waals surface area contributed by atoms with Crippen LogP contribution >= 0.6 is 10.0 Å². The Hall–Kier alpha value is -0.770. The molecular weight excluding hydrogens is 206 g/mol. The van der Waals surface area contributed by atoms with Gasteiger partial charge >= 0.3 is 6.61 Å². The molecule has 0 radical (unpaired) electrons. The van der Waals surface area contributed by atoms with Gasteiger partial charge in [0.15, 0.2) is 0 Å². The molecular formula is C10H14F2OS. The normalized spacial score (nSPS) is 13.0. The van der Waals surface area contributed by atoms with E-state index in [1.807, 2.05) is 12.1 Å². The third kappa shape index (κ3) is 3.18. The van der Waals surface area contributed by atoms with E-state index in [-0.39, 0.29) is 5.75 Å². The first kappa shape index (κ1) is 11.3. The molecule has 0 spiro atoms. The molecule has 0 saturated carbocycles. The van der Waals surface area contributed by atoms with Gasteiger partial charge in [0.2, 0.25) is 0 Å². The summed E-state index contributed by atoms with van der Waals surface area (Å²) in [6.45, 7) is -2.75. The van der Waals surface area contributed by atoms with E-state index in [9.17, 15) is 8.78 Å². The number of rotatable bonds is 3. The Balaban J connectivity index is 2.79. The van der Waals surface area contributed by atoms with Gasteiger partial charge in [-0.3, -0.25) is 0 Å². The highest BCUT2D eigenvalue weighted by atomic mass is 32.3. The summed E-state index contributed by atoms with van der Waals surface area (Å²) in [5.41, 5.74) is 0. The van der Waals surface area contributed by atoms with Gasteiger partial charge in [0.1, 0.15) is 5.75 Å². The van der Waals surface area contributed by atoms with Gasteiger partial charge in [-0.15, -0.1) is 0 Å². The fourth-order valence-electron chi connectivity index (χ4n) is 1.03. The molecule has 0 saturated heterocycles. The van der Waals surface area contributed by atoms with Crippen LogP contribution in [0.1, 0.15) is 0 Å². The Morgan fingerprint density at radius 2 is 1.57 bits per heavy atom. The molecule has 14 heavy (non-hydrogen) atoms. The fraction of sp³-hybridized carbons (Fsp3) is 0.400. The molecule has 0 fully saturated rings. The highest BCUT2D eigenvalue weighted by Gasteiger charge is 2.09. The van der Waals surface area contributed by atoms with Crippen molar-refractivity contribution < 1.29 is 13.5 Å². The van der Waals surface area contributed by atoms with Gasteiger partial charge in [-0.1, -0.05) is 0 Å². The molecule has 0 atom stereocenters. The van der Waals surface area contributed by atoms with Gasteiger partial charge in [-0.25, -0.2) is 10.0 Å². The van der Waals surface area contributed by atoms with Crippen LogP contribution < -0.4 is 4.74 Å². The standard InChI is InChI=1S/C10H14F2OS/c1-14(2,3)9-6-4-8(5-7-9)13-10(11)12/h4-7,10H,1-3H3. The van der Waals surface area contributed by atoms with Crippen LogP contribution in [0.5, 0.6) is 5.75 Å². The molecule has 1 aromatic rings. The van der Waals surface area contributed by atoms with Crippen LogP contribution in [-0.4, -0.2) is 25.4 Å². The van der Waals surface area contributed by atoms with Crippen molar-refractivity contribution in [1.29, 1.82) is 0 Å². The van der Waals surface area contributed by atoms with Gasteiger partial charge in [0, 0.05) is 0 Å². The van der Waals surface area contributed by atoms with Crippen molar-refractivity contribution in [2.45, 2.75) is 11.5 Å². The van der Waals surface area contributed by atoms with Gasteiger partial charge in [-0.2, -0.15) is 8.78 Å². The Bertz CT molecular complexity index is 290. The predicted octanol–water partition coefficient (Wildman–Crippen LogP) is 3.34. The van der Waals surface area contributed by atoms with Gasteiger partial charge in [-0.05, 0) is 47.9 Å². The number of alkyl halides is 2. The van der Waals surface area contributed by atoms with Gasteiger partial charge < -0.3 is 4.74 Å². The minimum atomic E-state index is -2.75. The molecule has 0 amide bonds. The van der Waals surface area contributed by atoms with Gasteiger partial charge in [0.05, 0.1) is 0 Å². The summed E-state index contributed by atoms with van der Waals surface area (Å²) in [5, 5.41) is 0. The first-order valence-corrected chi connectivity index (χ1v) is 6.98. The average molecular weight is 220 g/mol. The Morgan fingerprint density at radius 1 is 1.07 bits per heavy atom. The first-order chi connectivity index (χ1) is 6.39. The molecule has 1 rings (SSSR count). The summed E-state index contributed by atoms with van der Waals surface area (Å²) in [4.78, 5) is 1.18. The lowest BCUT2D eigenvalue weighted by Gasteiger charge is -2.25. The first-order valence-electron chi connectivity index (χ1n) is 4.13. The topological polar surface area (TPSA) is 9.23 Å². The van der Waals surface area contributed by atoms with Gasteiger partial charge in [0.25, 0.3) is 0 Å². The zero-order valence-electron chi connectivity index (χ0n) is 8.46. The summed E-state index contributed by atoms with van der Waals surface area (Å²) in [7, 11) is -0.791. The highest BCUT2D eigenvalue weighted by molar-refractivity contribution is 8.32. The maximum absolute atomic E-state index is 11.8. The monoisotopic (exact) mass is 220 g/mol. The van der Waals surface area contributed by atoms with Crippen LogP contribution in [-0.2, 0) is 0 Å². The Kier molecular flexibility index (Phi) is 3.37. The number of hydrogen-bond acceptors (Lipinski definition) is 1. The van der Waals surface area contributed by atoms with E-state index in [0.717, 1.165) is 0 Å². The van der Waals surface area contributed by atoms with E-state index in [0.29, 0.717) is 0 Å². The smallest absolute Gasteiger partial charge is 0.387 e. The molecule has 80 valence electrons. The van der Waals surface area contributed by atoms with Crippen LogP contribution in [0.2, 0.25) is 0 Å². The van der Waals surface area contributed by atoms with Crippen molar-refractivity contribution >= 4 is 10.0 Å². The van der Waals surface area contributed by atoms with Crippen LogP contribution in [0.15, 0.2) is 29.2 Å². The van der Waals surface area contributed by atoms with Crippen molar-refractivity contribution in [2.24, 2.45) is 0 Å². The van der Waals surface area contributed by atoms with E-state index < -0.39 is 16.6 Å². The largest absolute Gasteiger partial charge is 0.435 e. The lowest BCUT2D eigenvalue weighted by Crippen LogP contribution is -2.02. The van der Waals surface area contributed by atoms with E-state index in [4.69, 9.17) is 0 Å².